The van der Waals surface area contributed by atoms with Gasteiger partial charge in [0.15, 0.2) is 6.20 Å². The molecule has 2 heterocycles. The Hall–Kier alpha value is -3.03. The van der Waals surface area contributed by atoms with Gasteiger partial charge in [-0.2, -0.15) is 0 Å². The number of nitrogens with one attached hydrogen (secondary N) is 1. The van der Waals surface area contributed by atoms with Crippen molar-refractivity contribution in [3.8, 4) is 0 Å². The largest absolute Gasteiger partial charge is 0.478 e. The number of hydrogen-bond acceptors (Lipinski definition) is 6. The summed E-state index contributed by atoms with van der Waals surface area (Å²) in [4.78, 5) is 28.4. The van der Waals surface area contributed by atoms with Gasteiger partial charge in [0.25, 0.3) is 0 Å². The standard InChI is InChI=1S/C12H10N4O4/c17-12(18)8-3-4-13-10(5-8)7-14-9-1-2-11(15-6-9)16(19)20/h1-6,14H,7H2,(H,17,18). The molecule has 0 amide bonds. The minimum absolute atomic E-state index is 0.152. The number of nitrogens with zero attached hydrogens (tertiary/aromatic N) is 3. The third-order valence-electron chi connectivity index (χ3n) is 2.47. The number of carboxylic acid groups (broad SMARTS) is 1. The summed E-state index contributed by atoms with van der Waals surface area (Å²) in [6.45, 7) is 0.292. The fourth-order valence-corrected chi connectivity index (χ4v) is 1.50. The average molecular weight is 274 g/mol. The summed E-state index contributed by atoms with van der Waals surface area (Å²) in [5.41, 5.74) is 1.28. The van der Waals surface area contributed by atoms with E-state index < -0.39 is 10.9 Å². The zero-order valence-corrected chi connectivity index (χ0v) is 10.2. The summed E-state index contributed by atoms with van der Waals surface area (Å²) in [6.07, 6.45) is 2.74. The van der Waals surface area contributed by atoms with Crippen molar-refractivity contribution in [3.05, 3.63) is 58.0 Å². The maximum Gasteiger partial charge on any atom is 0.363 e. The predicted molar refractivity (Wildman–Crippen MR) is 69.4 cm³/mol. The van der Waals surface area contributed by atoms with Crippen molar-refractivity contribution in [2.24, 2.45) is 0 Å². The lowest BCUT2D eigenvalue weighted by atomic mass is 10.2. The van der Waals surface area contributed by atoms with Gasteiger partial charge in [-0.25, -0.2) is 4.79 Å². The number of rotatable bonds is 5. The fraction of sp³-hybridized carbons (Fsp3) is 0.0833. The number of carbonyl (C=O) groups is 1. The first kappa shape index (κ1) is 13.4. The Morgan fingerprint density at radius 2 is 2.15 bits per heavy atom. The highest BCUT2D eigenvalue weighted by atomic mass is 16.6. The summed E-state index contributed by atoms with van der Waals surface area (Å²) in [6, 6.07) is 5.66. The topological polar surface area (TPSA) is 118 Å². The smallest absolute Gasteiger partial charge is 0.363 e. The van der Waals surface area contributed by atoms with Crippen LogP contribution in [0.4, 0.5) is 11.5 Å². The molecular formula is C12H10N4O4. The first-order valence-corrected chi connectivity index (χ1v) is 5.59. The highest BCUT2D eigenvalue weighted by molar-refractivity contribution is 5.87. The molecule has 0 aliphatic heterocycles. The molecule has 8 nitrogen and oxygen atoms in total. The lowest BCUT2D eigenvalue weighted by Crippen LogP contribution is -2.05. The van der Waals surface area contributed by atoms with Crippen LogP contribution >= 0.6 is 0 Å². The molecule has 2 aromatic heterocycles. The molecule has 0 unspecified atom stereocenters. The maximum absolute atomic E-state index is 10.8. The van der Waals surface area contributed by atoms with Crippen LogP contribution in [0.2, 0.25) is 0 Å². The Kier molecular flexibility index (Phi) is 3.85. The molecule has 0 aliphatic rings. The van der Waals surface area contributed by atoms with Crippen molar-refractivity contribution >= 4 is 17.5 Å². The average Bonchev–Trinajstić information content (AvgIpc) is 2.46. The monoisotopic (exact) mass is 274 g/mol. The van der Waals surface area contributed by atoms with Gasteiger partial charge in [0, 0.05) is 12.3 Å². The van der Waals surface area contributed by atoms with Crippen molar-refractivity contribution in [1.82, 2.24) is 9.97 Å². The third kappa shape index (κ3) is 3.25. The maximum atomic E-state index is 10.8. The van der Waals surface area contributed by atoms with E-state index in [1.807, 2.05) is 0 Å². The van der Waals surface area contributed by atoms with Crippen LogP contribution in [0.5, 0.6) is 0 Å². The van der Waals surface area contributed by atoms with E-state index in [1.165, 1.54) is 36.7 Å². The number of aromatic nitrogens is 2. The third-order valence-corrected chi connectivity index (χ3v) is 2.47. The zero-order valence-electron chi connectivity index (χ0n) is 10.2. The molecule has 0 saturated heterocycles. The van der Waals surface area contributed by atoms with E-state index >= 15 is 0 Å². The second-order valence-electron chi connectivity index (χ2n) is 3.86. The summed E-state index contributed by atoms with van der Waals surface area (Å²) < 4.78 is 0. The van der Waals surface area contributed by atoms with E-state index in [2.05, 4.69) is 15.3 Å². The van der Waals surface area contributed by atoms with E-state index in [0.29, 0.717) is 17.9 Å². The van der Waals surface area contributed by atoms with E-state index in [0.717, 1.165) is 0 Å². The van der Waals surface area contributed by atoms with Crippen molar-refractivity contribution in [2.75, 3.05) is 5.32 Å². The van der Waals surface area contributed by atoms with Crippen molar-refractivity contribution < 1.29 is 14.8 Å². The second-order valence-corrected chi connectivity index (χ2v) is 3.86. The molecule has 2 rings (SSSR count). The molecule has 0 aliphatic carbocycles. The quantitative estimate of drug-likeness (QED) is 0.629. The highest BCUT2D eigenvalue weighted by Gasteiger charge is 2.07. The molecule has 0 aromatic carbocycles. The number of hydrogen-bond donors (Lipinski definition) is 2. The van der Waals surface area contributed by atoms with Crippen LogP contribution in [0, 0.1) is 10.1 Å². The molecule has 0 fully saturated rings. The molecule has 2 aromatic rings. The number of anilines is 1. The molecule has 0 saturated carbocycles. The minimum Gasteiger partial charge on any atom is -0.478 e. The lowest BCUT2D eigenvalue weighted by Gasteiger charge is -2.04. The molecule has 8 heteroatoms. The van der Waals surface area contributed by atoms with Crippen molar-refractivity contribution in [2.45, 2.75) is 6.54 Å². The Labute approximate surface area is 113 Å². The van der Waals surface area contributed by atoms with E-state index in [-0.39, 0.29) is 11.4 Å². The number of aromatic carboxylic acids is 1. The predicted octanol–water partition coefficient (Wildman–Crippen LogP) is 1.70. The summed E-state index contributed by atoms with van der Waals surface area (Å²) in [7, 11) is 0. The van der Waals surface area contributed by atoms with Crippen LogP contribution in [-0.4, -0.2) is 26.0 Å². The van der Waals surface area contributed by atoms with Crippen molar-refractivity contribution in [1.29, 1.82) is 0 Å². The van der Waals surface area contributed by atoms with Crippen LogP contribution in [-0.2, 0) is 6.54 Å². The van der Waals surface area contributed by atoms with E-state index in [9.17, 15) is 14.9 Å². The number of nitro groups is 1. The summed E-state index contributed by atoms with van der Waals surface area (Å²) in [5.74, 6) is -1.26. The zero-order chi connectivity index (χ0) is 14.5. The van der Waals surface area contributed by atoms with Crippen LogP contribution in [0.25, 0.3) is 0 Å². The molecule has 2 N–H and O–H groups in total. The molecule has 0 spiro atoms. The van der Waals surface area contributed by atoms with Gasteiger partial charge in [0.1, 0.15) is 0 Å². The van der Waals surface area contributed by atoms with Gasteiger partial charge in [0.05, 0.1) is 23.5 Å². The number of carboxylic acids is 1. The van der Waals surface area contributed by atoms with E-state index in [4.69, 9.17) is 5.11 Å². The lowest BCUT2D eigenvalue weighted by molar-refractivity contribution is -0.389. The summed E-state index contributed by atoms with van der Waals surface area (Å²) in [5, 5.41) is 22.3. The molecule has 0 radical (unpaired) electrons. The molecular weight excluding hydrogens is 264 g/mol. The second kappa shape index (κ2) is 5.74. The van der Waals surface area contributed by atoms with Gasteiger partial charge in [-0.05, 0) is 28.1 Å². The molecule has 0 bridgehead atoms. The Bertz CT molecular complexity index is 642. The van der Waals surface area contributed by atoms with E-state index in [1.54, 1.807) is 0 Å². The first-order valence-electron chi connectivity index (χ1n) is 5.59. The van der Waals surface area contributed by atoms with Gasteiger partial charge in [-0.15, -0.1) is 0 Å². The molecule has 0 atom stereocenters. The van der Waals surface area contributed by atoms with Crippen LogP contribution < -0.4 is 5.32 Å². The SMILES string of the molecule is O=C(O)c1ccnc(CNc2ccc([N+](=O)[O-])nc2)c1. The minimum atomic E-state index is -1.02. The van der Waals surface area contributed by atoms with Gasteiger partial charge >= 0.3 is 11.8 Å². The fourth-order valence-electron chi connectivity index (χ4n) is 1.50. The van der Waals surface area contributed by atoms with Crippen LogP contribution in [0.1, 0.15) is 16.1 Å². The first-order chi connectivity index (χ1) is 9.56. The van der Waals surface area contributed by atoms with Crippen molar-refractivity contribution in [3.63, 3.8) is 0 Å². The normalized spacial score (nSPS) is 10.0. The van der Waals surface area contributed by atoms with Gasteiger partial charge in [-0.1, -0.05) is 0 Å². The Morgan fingerprint density at radius 3 is 2.75 bits per heavy atom. The highest BCUT2D eigenvalue weighted by Crippen LogP contribution is 2.12. The van der Waals surface area contributed by atoms with Crippen LogP contribution in [0.15, 0.2) is 36.7 Å². The van der Waals surface area contributed by atoms with Crippen LogP contribution in [0.3, 0.4) is 0 Å². The van der Waals surface area contributed by atoms with Gasteiger partial charge in [0.2, 0.25) is 0 Å². The molecule has 102 valence electrons. The molecule has 20 heavy (non-hydrogen) atoms. The number of pyridine rings is 2. The van der Waals surface area contributed by atoms with Gasteiger partial charge in [-0.3, -0.25) is 4.98 Å². The summed E-state index contributed by atoms with van der Waals surface area (Å²) >= 11 is 0. The van der Waals surface area contributed by atoms with Gasteiger partial charge < -0.3 is 20.5 Å². The Balaban J connectivity index is 2.03. The Morgan fingerprint density at radius 1 is 1.35 bits per heavy atom.